The third-order valence-electron chi connectivity index (χ3n) is 19.8. The Balaban J connectivity index is 0.000000269. The third kappa shape index (κ3) is 30.8. The van der Waals surface area contributed by atoms with Gasteiger partial charge < -0.3 is 80.5 Å². The van der Waals surface area contributed by atoms with Crippen molar-refractivity contribution in [3.05, 3.63) is 163 Å². The summed E-state index contributed by atoms with van der Waals surface area (Å²) < 4.78 is 123. The van der Waals surface area contributed by atoms with E-state index in [0.29, 0.717) is 106 Å². The number of sulfone groups is 1. The van der Waals surface area contributed by atoms with Gasteiger partial charge in [-0.3, -0.25) is 0 Å². The SMILES string of the molecule is CCC(C)OC1CCCCC1Oc1c(COC)cc(C)cc1COC.CCC(C)S(=O)(=O)c1ccc(OCCOc2c(COC)cc(COC)c(OC)c2COC)cc1.CCC(C)SCCOc1c(COC)cc(C)cc1COC.CCC(C)c1ccc(OC2CCCCC2Oc2c(COC)cc(C)cc2COC)cc1. The van der Waals surface area contributed by atoms with Crippen LogP contribution in [0, 0.1) is 20.8 Å². The predicted molar refractivity (Wildman–Crippen MR) is 445 cm³/mol. The van der Waals surface area contributed by atoms with Crippen molar-refractivity contribution < 1.29 is 88.9 Å². The molecule has 2 aliphatic rings. The molecule has 21 heteroatoms. The molecule has 19 nitrogen and oxygen atoms in total. The van der Waals surface area contributed by atoms with Crippen LogP contribution in [0.5, 0.6) is 40.2 Å². The Bertz CT molecular complexity index is 3620. The van der Waals surface area contributed by atoms with Crippen LogP contribution in [-0.4, -0.2) is 146 Å². The second kappa shape index (κ2) is 52.3. The average Bonchev–Trinajstić information content (AvgIpc) is 0.812. The first kappa shape index (κ1) is 95.4. The Hall–Kier alpha value is -6.18. The van der Waals surface area contributed by atoms with Crippen LogP contribution >= 0.6 is 11.8 Å². The monoisotopic (exact) mass is 1580 g/mol. The van der Waals surface area contributed by atoms with E-state index in [9.17, 15) is 8.42 Å². The number of aryl methyl sites for hydroxylation is 3. The second-order valence-corrected chi connectivity index (χ2v) is 32.8. The molecule has 111 heavy (non-hydrogen) atoms. The van der Waals surface area contributed by atoms with Gasteiger partial charge in [0.25, 0.3) is 0 Å². The summed E-state index contributed by atoms with van der Waals surface area (Å²) in [5, 5.41) is 0.256. The lowest BCUT2D eigenvalue weighted by Crippen LogP contribution is -2.39. The second-order valence-electron chi connectivity index (χ2n) is 28.8. The molecule has 0 spiro atoms. The van der Waals surface area contributed by atoms with Gasteiger partial charge in [-0.1, -0.05) is 113 Å². The van der Waals surface area contributed by atoms with E-state index in [2.05, 4.69) is 123 Å². The summed E-state index contributed by atoms with van der Waals surface area (Å²) in [5.74, 6) is 7.06. The Labute approximate surface area is 671 Å². The van der Waals surface area contributed by atoms with E-state index in [0.717, 1.165) is 124 Å². The molecule has 6 aromatic rings. The number of ether oxygens (including phenoxy) is 17. The predicted octanol–water partition coefficient (Wildman–Crippen LogP) is 19.7. The van der Waals surface area contributed by atoms with Gasteiger partial charge in [-0.25, -0.2) is 8.42 Å². The molecule has 2 fully saturated rings. The third-order valence-corrected chi connectivity index (χ3v) is 23.5. The summed E-state index contributed by atoms with van der Waals surface area (Å²) in [6.45, 7) is 28.6. The zero-order chi connectivity index (χ0) is 81.3. The van der Waals surface area contributed by atoms with Crippen LogP contribution in [0.15, 0.2) is 95.9 Å². The molecule has 8 unspecified atom stereocenters. The molecule has 0 aliphatic heterocycles. The van der Waals surface area contributed by atoms with Crippen LogP contribution < -0.4 is 33.2 Å². The number of methoxy groups -OCH3 is 10. The minimum atomic E-state index is -3.33. The topological polar surface area (TPSA) is 191 Å². The van der Waals surface area contributed by atoms with E-state index in [1.165, 1.54) is 47.9 Å². The van der Waals surface area contributed by atoms with Crippen LogP contribution in [0.3, 0.4) is 0 Å². The standard InChI is InChI=1S/C27H38O4.C25H36O8S.C21H34O4.C17H28O3S/c1-6-20(3)21-11-13-24(14-12-21)30-25-9-7-8-10-26(25)31-27-22(17-28-4)15-19(2)16-23(27)18-29-5;1-7-18(2)34(26,27)22-10-8-21(9-11-22)32-12-13-33-25-20(16-29-4)14-19(15-28-3)24(31-6)23(25)17-30-5;1-6-16(3)24-19-9-7-8-10-20(19)25-21-17(13-22-4)11-15(2)12-18(21)14-23-5;1-6-14(3)21-8-7-20-17-15(11-18-4)9-13(2)10-16(17)12-19-5/h11-16,20,25-26H,6-10,17-18H2,1-5H3;8-11,14,18H,7,12-13,15-17H2,1-6H3;11-12,16,19-20H,6-10,13-14H2,1-5H3;9-10,14H,6-8,11-12H2,1-5H3. The lowest BCUT2D eigenvalue weighted by molar-refractivity contribution is -0.0807. The van der Waals surface area contributed by atoms with Gasteiger partial charge in [-0.15, -0.1) is 0 Å². The molecule has 0 bridgehead atoms. The maximum absolute atomic E-state index is 12.5. The summed E-state index contributed by atoms with van der Waals surface area (Å²) in [5.41, 5.74) is 13.9. The first-order chi connectivity index (χ1) is 53.6. The fourth-order valence-electron chi connectivity index (χ4n) is 13.6. The lowest BCUT2D eigenvalue weighted by Gasteiger charge is -2.34. The van der Waals surface area contributed by atoms with Crippen LogP contribution in [0.25, 0.3) is 0 Å². The molecular weight excluding hydrogens is 1450 g/mol. The van der Waals surface area contributed by atoms with E-state index >= 15 is 0 Å². The van der Waals surface area contributed by atoms with Crippen LogP contribution in [0.1, 0.15) is 211 Å². The summed E-state index contributed by atoms with van der Waals surface area (Å²) in [6, 6.07) is 29.8. The lowest BCUT2D eigenvalue weighted by atomic mass is 9.94. The minimum Gasteiger partial charge on any atom is -0.496 e. The van der Waals surface area contributed by atoms with E-state index in [1.807, 2.05) is 24.8 Å². The quantitative estimate of drug-likeness (QED) is 0.0328. The first-order valence-electron chi connectivity index (χ1n) is 39.7. The molecular formula is C90H136O19S2. The highest BCUT2D eigenvalue weighted by atomic mass is 32.2. The smallest absolute Gasteiger partial charge is 0.180 e. The molecule has 8 atom stereocenters. The van der Waals surface area contributed by atoms with Crippen molar-refractivity contribution in [2.45, 2.75) is 265 Å². The summed E-state index contributed by atoms with van der Waals surface area (Å²) in [6.07, 6.45) is 13.3. The highest BCUT2D eigenvalue weighted by molar-refractivity contribution is 7.99. The minimum absolute atomic E-state index is 0.0110. The largest absolute Gasteiger partial charge is 0.496 e. The molecule has 0 radical (unpaired) electrons. The van der Waals surface area contributed by atoms with Crippen molar-refractivity contribution >= 4 is 21.6 Å². The number of hydrogen-bond acceptors (Lipinski definition) is 20. The van der Waals surface area contributed by atoms with Crippen LogP contribution in [-0.2, 0) is 117 Å². The van der Waals surface area contributed by atoms with E-state index in [4.69, 9.17) is 80.5 Å². The van der Waals surface area contributed by atoms with E-state index in [1.54, 1.807) is 102 Å². The van der Waals surface area contributed by atoms with Gasteiger partial charge >= 0.3 is 0 Å². The highest BCUT2D eigenvalue weighted by Gasteiger charge is 2.33. The maximum atomic E-state index is 12.5. The summed E-state index contributed by atoms with van der Waals surface area (Å²) in [4.78, 5) is 0.294. The van der Waals surface area contributed by atoms with Gasteiger partial charge in [0.05, 0.1) is 101 Å². The van der Waals surface area contributed by atoms with Crippen molar-refractivity contribution in [1.82, 2.24) is 0 Å². The van der Waals surface area contributed by atoms with Gasteiger partial charge in [0, 0.05) is 119 Å². The van der Waals surface area contributed by atoms with Crippen molar-refractivity contribution in [2.75, 3.05) is 96.7 Å². The number of hydrogen-bond donors (Lipinski definition) is 0. The summed E-state index contributed by atoms with van der Waals surface area (Å²) >= 11 is 1.95. The van der Waals surface area contributed by atoms with Crippen molar-refractivity contribution in [1.29, 1.82) is 0 Å². The molecule has 0 N–H and O–H groups in total. The Morgan fingerprint density at radius 2 is 0.766 bits per heavy atom. The molecule has 6 aromatic carbocycles. The van der Waals surface area contributed by atoms with Gasteiger partial charge in [-0.05, 0) is 159 Å². The fraction of sp³-hybridized carbons (Fsp3) is 0.600. The molecule has 0 amide bonds. The van der Waals surface area contributed by atoms with Gasteiger partial charge in [0.2, 0.25) is 0 Å². The average molecular weight is 1590 g/mol. The Morgan fingerprint density at radius 3 is 1.17 bits per heavy atom. The van der Waals surface area contributed by atoms with Gasteiger partial charge in [-0.2, -0.15) is 11.8 Å². The Morgan fingerprint density at radius 1 is 0.387 bits per heavy atom. The van der Waals surface area contributed by atoms with Gasteiger partial charge in [0.1, 0.15) is 71.8 Å². The summed E-state index contributed by atoms with van der Waals surface area (Å²) in [7, 11) is 13.4. The van der Waals surface area contributed by atoms with E-state index < -0.39 is 15.1 Å². The molecule has 0 saturated heterocycles. The first-order valence-corrected chi connectivity index (χ1v) is 42.3. The highest BCUT2D eigenvalue weighted by Crippen LogP contribution is 2.40. The van der Waals surface area contributed by atoms with Crippen molar-refractivity contribution in [3.63, 3.8) is 0 Å². The molecule has 622 valence electrons. The molecule has 8 rings (SSSR count). The van der Waals surface area contributed by atoms with Gasteiger partial charge in [0.15, 0.2) is 9.84 Å². The normalized spacial score (nSPS) is 16.6. The molecule has 0 heterocycles. The molecule has 0 aromatic heterocycles. The van der Waals surface area contributed by atoms with Crippen LogP contribution in [0.4, 0.5) is 0 Å². The maximum Gasteiger partial charge on any atom is 0.180 e. The fourth-order valence-corrected chi connectivity index (χ4v) is 15.8. The molecule has 2 saturated carbocycles. The number of thioether (sulfide) groups is 1. The zero-order valence-corrected chi connectivity index (χ0v) is 72.7. The van der Waals surface area contributed by atoms with Crippen molar-refractivity contribution in [2.24, 2.45) is 0 Å². The Kier molecular flexibility index (Phi) is 45.0. The number of benzene rings is 6. The zero-order valence-electron chi connectivity index (χ0n) is 71.0. The van der Waals surface area contributed by atoms with E-state index in [-0.39, 0.29) is 43.7 Å². The van der Waals surface area contributed by atoms with Crippen molar-refractivity contribution in [3.8, 4) is 40.2 Å². The molecule has 2 aliphatic carbocycles. The van der Waals surface area contributed by atoms with Crippen LogP contribution in [0.2, 0.25) is 0 Å². The number of rotatable bonds is 44.